The Morgan fingerprint density at radius 2 is 1.94 bits per heavy atom. The molecular formula is C12H13N2O4. The summed E-state index contributed by atoms with van der Waals surface area (Å²) in [5, 5.41) is 8.64. The van der Waals surface area contributed by atoms with Crippen LogP contribution < -0.4 is 10.6 Å². The maximum absolute atomic E-state index is 11.9. The highest BCUT2D eigenvalue weighted by Crippen LogP contribution is 2.14. The van der Waals surface area contributed by atoms with E-state index in [1.807, 2.05) is 0 Å². The van der Waals surface area contributed by atoms with Gasteiger partial charge in [0.2, 0.25) is 12.2 Å². The van der Waals surface area contributed by atoms with Crippen LogP contribution in [0.15, 0.2) is 30.3 Å². The van der Waals surface area contributed by atoms with Crippen LogP contribution in [0, 0.1) is 0 Å². The Labute approximate surface area is 104 Å². The van der Waals surface area contributed by atoms with Crippen molar-refractivity contribution in [2.45, 2.75) is 12.5 Å². The zero-order chi connectivity index (χ0) is 13.5. The molecule has 0 aliphatic carbocycles. The highest BCUT2D eigenvalue weighted by Gasteiger charge is 2.22. The van der Waals surface area contributed by atoms with Crippen molar-refractivity contribution in [1.82, 2.24) is 0 Å². The summed E-state index contributed by atoms with van der Waals surface area (Å²) in [4.78, 5) is 34.0. The number of hydrogen-bond acceptors (Lipinski definition) is 4. The third-order valence-corrected chi connectivity index (χ3v) is 2.30. The number of aliphatic carboxylic acids is 1. The molecule has 0 aliphatic rings. The molecule has 0 unspecified atom stereocenters. The van der Waals surface area contributed by atoms with Crippen LogP contribution in [-0.2, 0) is 14.4 Å². The molecule has 1 aromatic rings. The lowest BCUT2D eigenvalue weighted by molar-refractivity contribution is -0.140. The number of amides is 1. The number of para-hydroxylation sites is 1. The van der Waals surface area contributed by atoms with Crippen molar-refractivity contribution in [3.05, 3.63) is 30.3 Å². The molecule has 3 N–H and O–H groups in total. The van der Waals surface area contributed by atoms with Gasteiger partial charge in [-0.2, -0.15) is 0 Å². The second kappa shape index (κ2) is 6.51. The van der Waals surface area contributed by atoms with Crippen LogP contribution in [0.4, 0.5) is 5.69 Å². The van der Waals surface area contributed by atoms with Gasteiger partial charge in [-0.3, -0.25) is 14.4 Å². The molecule has 0 bridgehead atoms. The van der Waals surface area contributed by atoms with Gasteiger partial charge < -0.3 is 15.7 Å². The number of benzene rings is 1. The minimum atomic E-state index is -1.28. The normalized spacial score (nSPS) is 11.6. The van der Waals surface area contributed by atoms with Crippen LogP contribution in [0.25, 0.3) is 0 Å². The minimum absolute atomic E-state index is 0.255. The second-order valence-corrected chi connectivity index (χ2v) is 3.61. The van der Waals surface area contributed by atoms with E-state index in [2.05, 4.69) is 0 Å². The molecular weight excluding hydrogens is 236 g/mol. The third-order valence-electron chi connectivity index (χ3n) is 2.30. The van der Waals surface area contributed by atoms with Gasteiger partial charge in [-0.15, -0.1) is 0 Å². The van der Waals surface area contributed by atoms with Crippen molar-refractivity contribution in [1.29, 1.82) is 0 Å². The fraction of sp³-hybridized carbons (Fsp3) is 0.250. The molecule has 6 nitrogen and oxygen atoms in total. The van der Waals surface area contributed by atoms with Crippen LogP contribution in [0.1, 0.15) is 6.42 Å². The lowest BCUT2D eigenvalue weighted by atomic mass is 10.2. The summed E-state index contributed by atoms with van der Waals surface area (Å²) in [7, 11) is 0. The van der Waals surface area contributed by atoms with Crippen LogP contribution in [-0.4, -0.2) is 35.9 Å². The molecule has 6 heteroatoms. The predicted octanol–water partition coefficient (Wildman–Crippen LogP) is -0.0687. The van der Waals surface area contributed by atoms with Crippen molar-refractivity contribution < 1.29 is 19.5 Å². The summed E-state index contributed by atoms with van der Waals surface area (Å²) in [6.45, 7) is -0.255. The van der Waals surface area contributed by atoms with Crippen molar-refractivity contribution in [2.75, 3.05) is 11.4 Å². The number of carboxylic acids is 1. The zero-order valence-corrected chi connectivity index (χ0v) is 9.57. The Kier molecular flexibility index (Phi) is 5.01. The van der Waals surface area contributed by atoms with Crippen molar-refractivity contribution in [3.8, 4) is 0 Å². The highest BCUT2D eigenvalue weighted by molar-refractivity contribution is 5.98. The van der Waals surface area contributed by atoms with Crippen molar-refractivity contribution >= 4 is 23.9 Å². The van der Waals surface area contributed by atoms with E-state index in [0.29, 0.717) is 5.69 Å². The number of nitrogens with two attached hydrogens (primary N) is 1. The molecule has 0 aromatic heterocycles. The monoisotopic (exact) mass is 249 g/mol. The summed E-state index contributed by atoms with van der Waals surface area (Å²) in [5.41, 5.74) is 5.79. The number of anilines is 1. The van der Waals surface area contributed by atoms with Gasteiger partial charge in [0, 0.05) is 5.69 Å². The maximum atomic E-state index is 11.9. The molecule has 0 heterocycles. The van der Waals surface area contributed by atoms with Crippen molar-refractivity contribution in [3.63, 3.8) is 0 Å². The Balaban J connectivity index is 2.82. The number of carbonyl (C=O) groups excluding carboxylic acids is 2. The summed E-state index contributed by atoms with van der Waals surface area (Å²) in [6.07, 6.45) is 1.25. The van der Waals surface area contributed by atoms with Crippen LogP contribution in [0.3, 0.4) is 0 Å². The van der Waals surface area contributed by atoms with Gasteiger partial charge >= 0.3 is 5.97 Å². The Morgan fingerprint density at radius 3 is 2.44 bits per heavy atom. The lowest BCUT2D eigenvalue weighted by Crippen LogP contribution is -2.40. The van der Waals surface area contributed by atoms with Crippen LogP contribution >= 0.6 is 0 Å². The molecule has 0 fully saturated rings. The molecule has 0 saturated carbocycles. The van der Waals surface area contributed by atoms with Gasteiger partial charge in [-0.25, -0.2) is 0 Å². The molecule has 0 spiro atoms. The summed E-state index contributed by atoms with van der Waals surface area (Å²) in [5.74, 6) is -1.79. The van der Waals surface area contributed by atoms with Gasteiger partial charge in [0.15, 0.2) is 0 Å². The van der Waals surface area contributed by atoms with Gasteiger partial charge in [0.1, 0.15) is 6.04 Å². The van der Waals surface area contributed by atoms with E-state index < -0.39 is 17.9 Å². The van der Waals surface area contributed by atoms with Gasteiger partial charge in [0.05, 0.1) is 13.0 Å². The lowest BCUT2D eigenvalue weighted by Gasteiger charge is -2.20. The van der Waals surface area contributed by atoms with E-state index in [-0.39, 0.29) is 13.0 Å². The third kappa shape index (κ3) is 3.67. The number of carboxylic acid groups (broad SMARTS) is 1. The largest absolute Gasteiger partial charge is 0.480 e. The molecule has 1 radical (unpaired) electrons. The fourth-order valence-corrected chi connectivity index (χ4v) is 1.38. The SMILES string of the molecule is N[C@@H](CC(=O)N(C[C]=O)c1ccccc1)C(=O)O. The maximum Gasteiger partial charge on any atom is 0.321 e. The summed E-state index contributed by atoms with van der Waals surface area (Å²) >= 11 is 0. The number of rotatable bonds is 6. The van der Waals surface area contributed by atoms with Gasteiger partial charge in [0.25, 0.3) is 0 Å². The number of carbonyl (C=O) groups is 2. The summed E-state index contributed by atoms with van der Waals surface area (Å²) in [6, 6.07) is 7.17. The molecule has 95 valence electrons. The minimum Gasteiger partial charge on any atom is -0.480 e. The first-order valence-corrected chi connectivity index (χ1v) is 5.25. The molecule has 0 aliphatic heterocycles. The smallest absolute Gasteiger partial charge is 0.321 e. The Hall–Kier alpha value is -2.21. The van der Waals surface area contributed by atoms with E-state index in [1.165, 1.54) is 0 Å². The van der Waals surface area contributed by atoms with E-state index in [0.717, 1.165) is 4.90 Å². The quantitative estimate of drug-likeness (QED) is 0.735. The Morgan fingerprint density at radius 1 is 1.33 bits per heavy atom. The van der Waals surface area contributed by atoms with E-state index in [4.69, 9.17) is 10.8 Å². The predicted molar refractivity (Wildman–Crippen MR) is 64.7 cm³/mol. The van der Waals surface area contributed by atoms with Crippen molar-refractivity contribution in [2.24, 2.45) is 5.73 Å². The fourth-order valence-electron chi connectivity index (χ4n) is 1.38. The van der Waals surface area contributed by atoms with Crippen LogP contribution in [0.2, 0.25) is 0 Å². The molecule has 1 amide bonds. The topological polar surface area (TPSA) is 101 Å². The molecule has 1 rings (SSSR count). The average Bonchev–Trinajstić information content (AvgIpc) is 2.36. The molecule has 1 aromatic carbocycles. The number of nitrogens with zero attached hydrogens (tertiary/aromatic N) is 1. The highest BCUT2D eigenvalue weighted by atomic mass is 16.4. The van der Waals surface area contributed by atoms with Gasteiger partial charge in [-0.05, 0) is 12.1 Å². The molecule has 18 heavy (non-hydrogen) atoms. The zero-order valence-electron chi connectivity index (χ0n) is 9.57. The van der Waals surface area contributed by atoms with Gasteiger partial charge in [-0.1, -0.05) is 18.2 Å². The molecule has 0 saturated heterocycles. The average molecular weight is 249 g/mol. The standard InChI is InChI=1S/C12H13N2O4/c13-10(12(17)18)8-11(16)14(6-7-15)9-4-2-1-3-5-9/h1-5,10H,6,8,13H2,(H,17,18)/t10-/m0/s1. The summed E-state index contributed by atoms with van der Waals surface area (Å²) < 4.78 is 0. The van der Waals surface area contributed by atoms with E-state index in [1.54, 1.807) is 36.6 Å². The first kappa shape index (κ1) is 13.9. The van der Waals surface area contributed by atoms with Crippen LogP contribution in [0.5, 0.6) is 0 Å². The van der Waals surface area contributed by atoms with E-state index >= 15 is 0 Å². The Bertz CT molecular complexity index is 433. The van der Waals surface area contributed by atoms with E-state index in [9.17, 15) is 14.4 Å². The first-order valence-electron chi connectivity index (χ1n) is 5.25. The second-order valence-electron chi connectivity index (χ2n) is 3.61. The molecule has 1 atom stereocenters. The number of hydrogen-bond donors (Lipinski definition) is 2. The first-order chi connectivity index (χ1) is 8.56.